The summed E-state index contributed by atoms with van der Waals surface area (Å²) in [6.07, 6.45) is 6.62. The number of allylic oxidation sites excluding steroid dienone is 3. The summed E-state index contributed by atoms with van der Waals surface area (Å²) in [7, 11) is 0.970. The zero-order chi connectivity index (χ0) is 5.11. The van der Waals surface area contributed by atoms with Gasteiger partial charge in [-0.05, 0) is 0 Å². The first-order valence-electron chi connectivity index (χ1n) is 2.46. The van der Waals surface area contributed by atoms with Gasteiger partial charge < -0.3 is 0 Å². The van der Waals surface area contributed by atoms with Gasteiger partial charge in [0.05, 0.1) is 9.52 Å². The maximum Gasteiger partial charge on any atom is 0.0664 e. The van der Waals surface area contributed by atoms with Gasteiger partial charge in [-0.3, -0.25) is 0 Å². The summed E-state index contributed by atoms with van der Waals surface area (Å²) in [6.45, 7) is 2.18. The van der Waals surface area contributed by atoms with Gasteiger partial charge >= 0.3 is 0 Å². The predicted octanol–water partition coefficient (Wildman–Crippen LogP) is 1.44. The average molecular weight is 108 g/mol. The van der Waals surface area contributed by atoms with Crippen molar-refractivity contribution in [3.63, 3.8) is 0 Å². The van der Waals surface area contributed by atoms with Crippen molar-refractivity contribution >= 4 is 9.52 Å². The van der Waals surface area contributed by atoms with Crippen molar-refractivity contribution < 1.29 is 0 Å². The van der Waals surface area contributed by atoms with Gasteiger partial charge in [-0.15, -0.1) is 5.70 Å². The third kappa shape index (κ3) is 1.74. The van der Waals surface area contributed by atoms with Gasteiger partial charge in [0.2, 0.25) is 0 Å². The SMILES string of the molecule is C[Si]/C=C\C1C=C1. The second-order valence-corrected chi connectivity index (χ2v) is 2.52. The van der Waals surface area contributed by atoms with Crippen LogP contribution in [0.25, 0.3) is 0 Å². The van der Waals surface area contributed by atoms with Crippen LogP contribution in [0.5, 0.6) is 0 Å². The molecule has 0 amide bonds. The third-order valence-electron chi connectivity index (χ3n) is 0.900. The fraction of sp³-hybridized carbons (Fsp3) is 0.333. The van der Waals surface area contributed by atoms with Crippen LogP contribution in [0.2, 0.25) is 6.55 Å². The lowest BCUT2D eigenvalue weighted by atomic mass is 10.4. The van der Waals surface area contributed by atoms with Crippen LogP contribution >= 0.6 is 0 Å². The third-order valence-corrected chi connectivity index (χ3v) is 1.43. The summed E-state index contributed by atoms with van der Waals surface area (Å²) in [5.41, 5.74) is 2.23. The quantitative estimate of drug-likeness (QED) is 0.371. The van der Waals surface area contributed by atoms with E-state index in [1.54, 1.807) is 0 Å². The van der Waals surface area contributed by atoms with E-state index in [0.717, 1.165) is 15.4 Å². The van der Waals surface area contributed by atoms with E-state index in [9.17, 15) is 0 Å². The highest BCUT2D eigenvalue weighted by molar-refractivity contribution is 6.40. The first kappa shape index (κ1) is 4.85. The van der Waals surface area contributed by atoms with Crippen LogP contribution in [0.4, 0.5) is 0 Å². The van der Waals surface area contributed by atoms with Crippen LogP contribution < -0.4 is 0 Å². The molecular formula is C6H8Si. The highest BCUT2D eigenvalue weighted by Crippen LogP contribution is 2.15. The molecular weight excluding hydrogens is 100 g/mol. The fourth-order valence-electron chi connectivity index (χ4n) is 0.400. The van der Waals surface area contributed by atoms with Crippen molar-refractivity contribution in [2.75, 3.05) is 0 Å². The highest BCUT2D eigenvalue weighted by atomic mass is 28.2. The van der Waals surface area contributed by atoms with Crippen molar-refractivity contribution in [3.8, 4) is 0 Å². The zero-order valence-corrected chi connectivity index (χ0v) is 5.39. The molecule has 0 unspecified atom stereocenters. The van der Waals surface area contributed by atoms with Crippen LogP contribution in [-0.2, 0) is 0 Å². The molecule has 1 aliphatic rings. The summed E-state index contributed by atoms with van der Waals surface area (Å²) in [4.78, 5) is 0. The summed E-state index contributed by atoms with van der Waals surface area (Å²) in [5.74, 6) is 0.729. The lowest BCUT2D eigenvalue weighted by molar-refractivity contribution is 1.26. The topological polar surface area (TPSA) is 0 Å². The molecule has 0 bridgehead atoms. The molecule has 1 rings (SSSR count). The van der Waals surface area contributed by atoms with Crippen molar-refractivity contribution in [2.24, 2.45) is 5.92 Å². The van der Waals surface area contributed by atoms with E-state index in [1.807, 2.05) is 0 Å². The van der Waals surface area contributed by atoms with E-state index in [1.165, 1.54) is 0 Å². The van der Waals surface area contributed by atoms with Crippen molar-refractivity contribution in [3.05, 3.63) is 23.9 Å². The minimum Gasteiger partial charge on any atom is -0.102 e. The smallest absolute Gasteiger partial charge is 0.0664 e. The molecule has 0 heterocycles. The van der Waals surface area contributed by atoms with Crippen LogP contribution in [0.15, 0.2) is 23.9 Å². The summed E-state index contributed by atoms with van der Waals surface area (Å²) in [6, 6.07) is 0. The second kappa shape index (κ2) is 2.12. The van der Waals surface area contributed by atoms with Crippen LogP contribution in [0.1, 0.15) is 0 Å². The molecule has 0 nitrogen and oxygen atoms in total. The fourth-order valence-corrected chi connectivity index (χ4v) is 0.814. The molecule has 7 heavy (non-hydrogen) atoms. The molecule has 0 aliphatic heterocycles. The Morgan fingerprint density at radius 2 is 2.29 bits per heavy atom. The van der Waals surface area contributed by atoms with E-state index < -0.39 is 0 Å². The van der Waals surface area contributed by atoms with Gasteiger partial charge in [-0.1, -0.05) is 24.8 Å². The Morgan fingerprint density at radius 1 is 1.57 bits per heavy atom. The molecule has 1 heteroatoms. The van der Waals surface area contributed by atoms with Gasteiger partial charge in [-0.2, -0.15) is 0 Å². The van der Waals surface area contributed by atoms with Gasteiger partial charge in [0.1, 0.15) is 0 Å². The highest BCUT2D eigenvalue weighted by Gasteiger charge is 2.02. The zero-order valence-electron chi connectivity index (χ0n) is 4.39. The Hall–Kier alpha value is -0.303. The first-order valence-corrected chi connectivity index (χ1v) is 4.03. The number of hydrogen-bond acceptors (Lipinski definition) is 0. The Morgan fingerprint density at radius 3 is 2.71 bits per heavy atom. The van der Waals surface area contributed by atoms with E-state index in [4.69, 9.17) is 0 Å². The molecule has 0 fully saturated rings. The van der Waals surface area contributed by atoms with Gasteiger partial charge in [0.15, 0.2) is 0 Å². The minimum atomic E-state index is 0.729. The molecule has 0 saturated heterocycles. The molecule has 0 aromatic heterocycles. The van der Waals surface area contributed by atoms with Crippen molar-refractivity contribution in [1.29, 1.82) is 0 Å². The number of hydrogen-bond donors (Lipinski definition) is 0. The van der Waals surface area contributed by atoms with Crippen LogP contribution in [-0.4, -0.2) is 9.52 Å². The maximum absolute atomic E-state index is 2.23. The summed E-state index contributed by atoms with van der Waals surface area (Å²) >= 11 is 0. The molecule has 0 N–H and O–H groups in total. The van der Waals surface area contributed by atoms with Crippen LogP contribution in [0, 0.1) is 5.92 Å². The summed E-state index contributed by atoms with van der Waals surface area (Å²) < 4.78 is 0. The van der Waals surface area contributed by atoms with Gasteiger partial charge in [-0.25, -0.2) is 0 Å². The molecule has 0 spiro atoms. The van der Waals surface area contributed by atoms with Crippen molar-refractivity contribution in [2.45, 2.75) is 6.55 Å². The maximum atomic E-state index is 2.23. The molecule has 36 valence electrons. The van der Waals surface area contributed by atoms with Gasteiger partial charge in [0, 0.05) is 5.92 Å². The largest absolute Gasteiger partial charge is 0.102 e. The predicted molar refractivity (Wildman–Crippen MR) is 33.4 cm³/mol. The lowest BCUT2D eigenvalue weighted by Gasteiger charge is -1.75. The van der Waals surface area contributed by atoms with E-state index in [0.29, 0.717) is 0 Å². The Kier molecular flexibility index (Phi) is 1.47. The standard InChI is InChI=1S/C6H8Si/c1-7-5-4-6-2-3-6/h2-6H,1H3/b5-4-. The Bertz CT molecular complexity index is 96.7. The minimum absolute atomic E-state index is 0.729. The summed E-state index contributed by atoms with van der Waals surface area (Å²) in [5, 5.41) is 0. The van der Waals surface area contributed by atoms with Gasteiger partial charge in [0.25, 0.3) is 0 Å². The average Bonchev–Trinajstić information content (AvgIpc) is 2.42. The molecule has 0 aromatic carbocycles. The molecule has 0 saturated carbocycles. The normalized spacial score (nSPS) is 19.0. The lowest BCUT2D eigenvalue weighted by Crippen LogP contribution is -1.71. The first-order chi connectivity index (χ1) is 3.43. The van der Waals surface area contributed by atoms with Crippen LogP contribution in [0.3, 0.4) is 0 Å². The molecule has 1 aliphatic carbocycles. The Labute approximate surface area is 46.8 Å². The van der Waals surface area contributed by atoms with E-state index in [2.05, 4.69) is 30.5 Å². The molecule has 0 aromatic rings. The number of rotatable bonds is 2. The molecule has 2 radical (unpaired) electrons. The van der Waals surface area contributed by atoms with Crippen molar-refractivity contribution in [1.82, 2.24) is 0 Å². The van der Waals surface area contributed by atoms with E-state index in [-0.39, 0.29) is 0 Å². The molecule has 0 atom stereocenters. The van der Waals surface area contributed by atoms with E-state index >= 15 is 0 Å². The second-order valence-electron chi connectivity index (χ2n) is 1.61. The monoisotopic (exact) mass is 108 g/mol. The Balaban J connectivity index is 2.07.